The summed E-state index contributed by atoms with van der Waals surface area (Å²) in [6, 6.07) is 0. The highest BCUT2D eigenvalue weighted by atomic mass is 15.1. The summed E-state index contributed by atoms with van der Waals surface area (Å²) in [5.41, 5.74) is 2.23. The average Bonchev–Trinajstić information content (AvgIpc) is 2.85. The van der Waals surface area contributed by atoms with Crippen molar-refractivity contribution in [3.8, 4) is 0 Å². The van der Waals surface area contributed by atoms with Crippen LogP contribution in [0.4, 0.5) is 5.82 Å². The second-order valence-electron chi connectivity index (χ2n) is 4.79. The molecule has 0 aromatic carbocycles. The molecule has 0 amide bonds. The average molecular weight is 259 g/mol. The number of aryl methyl sites for hydroxylation is 1. The van der Waals surface area contributed by atoms with E-state index in [0.29, 0.717) is 5.92 Å². The van der Waals surface area contributed by atoms with Crippen molar-refractivity contribution in [3.63, 3.8) is 0 Å². The molecule has 2 aromatic rings. The van der Waals surface area contributed by atoms with Crippen molar-refractivity contribution in [3.05, 3.63) is 35.8 Å². The maximum Gasteiger partial charge on any atom is 0.132 e. The third kappa shape index (κ3) is 2.75. The van der Waals surface area contributed by atoms with Crippen LogP contribution in [0.1, 0.15) is 43.8 Å². The van der Waals surface area contributed by atoms with Crippen molar-refractivity contribution in [1.82, 2.24) is 19.5 Å². The van der Waals surface area contributed by atoms with Crippen LogP contribution in [-0.2, 0) is 13.0 Å². The van der Waals surface area contributed by atoms with Gasteiger partial charge in [0.15, 0.2) is 0 Å². The van der Waals surface area contributed by atoms with Crippen LogP contribution in [0.25, 0.3) is 0 Å². The molecule has 0 aliphatic carbocycles. The number of imidazole rings is 1. The quantitative estimate of drug-likeness (QED) is 0.896. The molecule has 5 heteroatoms. The highest BCUT2D eigenvalue weighted by Crippen LogP contribution is 2.25. The number of rotatable bonds is 5. The fraction of sp³-hybridized carbons (Fsp3) is 0.500. The SMILES string of the molecule is CCn1ccnc1Cc1ncnc(NC)c1C(C)C. The molecule has 1 N–H and O–H groups in total. The van der Waals surface area contributed by atoms with Gasteiger partial charge >= 0.3 is 0 Å². The summed E-state index contributed by atoms with van der Waals surface area (Å²) >= 11 is 0. The van der Waals surface area contributed by atoms with Gasteiger partial charge in [-0.3, -0.25) is 0 Å². The standard InChI is InChI=1S/C14H21N5/c1-5-19-7-6-16-12(19)8-11-13(10(2)3)14(15-4)18-9-17-11/h6-7,9-10H,5,8H2,1-4H3,(H,15,17,18). The smallest absolute Gasteiger partial charge is 0.132 e. The lowest BCUT2D eigenvalue weighted by atomic mass is 10.00. The van der Waals surface area contributed by atoms with Gasteiger partial charge in [-0.05, 0) is 12.8 Å². The molecule has 0 bridgehead atoms. The Morgan fingerprint density at radius 2 is 2.05 bits per heavy atom. The lowest BCUT2D eigenvalue weighted by Crippen LogP contribution is -2.10. The van der Waals surface area contributed by atoms with Gasteiger partial charge in [0.25, 0.3) is 0 Å². The maximum absolute atomic E-state index is 4.45. The van der Waals surface area contributed by atoms with Crippen LogP contribution in [0.15, 0.2) is 18.7 Å². The van der Waals surface area contributed by atoms with Gasteiger partial charge in [0.05, 0.1) is 5.69 Å². The van der Waals surface area contributed by atoms with Gasteiger partial charge in [-0.15, -0.1) is 0 Å². The van der Waals surface area contributed by atoms with Crippen LogP contribution in [0.3, 0.4) is 0 Å². The Bertz CT molecular complexity index is 545. The van der Waals surface area contributed by atoms with E-state index in [1.165, 1.54) is 5.56 Å². The van der Waals surface area contributed by atoms with Gasteiger partial charge in [-0.2, -0.15) is 0 Å². The zero-order valence-electron chi connectivity index (χ0n) is 12.0. The lowest BCUT2D eigenvalue weighted by Gasteiger charge is -2.15. The number of nitrogens with one attached hydrogen (secondary N) is 1. The van der Waals surface area contributed by atoms with Crippen LogP contribution in [0, 0.1) is 0 Å². The molecule has 19 heavy (non-hydrogen) atoms. The van der Waals surface area contributed by atoms with E-state index in [2.05, 4.69) is 45.6 Å². The molecule has 0 aliphatic rings. The Morgan fingerprint density at radius 3 is 2.68 bits per heavy atom. The third-order valence-corrected chi connectivity index (χ3v) is 3.25. The minimum absolute atomic E-state index is 0.378. The number of hydrogen-bond acceptors (Lipinski definition) is 4. The van der Waals surface area contributed by atoms with Gasteiger partial charge in [-0.25, -0.2) is 15.0 Å². The van der Waals surface area contributed by atoms with Crippen LogP contribution in [-0.4, -0.2) is 26.6 Å². The normalized spacial score (nSPS) is 11.0. The van der Waals surface area contributed by atoms with E-state index in [1.807, 2.05) is 19.4 Å². The molecule has 0 spiro atoms. The van der Waals surface area contributed by atoms with E-state index in [4.69, 9.17) is 0 Å². The summed E-state index contributed by atoms with van der Waals surface area (Å²) in [6.45, 7) is 7.37. The molecule has 5 nitrogen and oxygen atoms in total. The molecule has 0 radical (unpaired) electrons. The zero-order chi connectivity index (χ0) is 13.8. The highest BCUT2D eigenvalue weighted by Gasteiger charge is 2.15. The number of aromatic nitrogens is 4. The minimum atomic E-state index is 0.378. The number of anilines is 1. The third-order valence-electron chi connectivity index (χ3n) is 3.25. The van der Waals surface area contributed by atoms with Crippen molar-refractivity contribution in [1.29, 1.82) is 0 Å². The first kappa shape index (κ1) is 13.5. The first-order chi connectivity index (χ1) is 9.17. The van der Waals surface area contributed by atoms with E-state index in [1.54, 1.807) is 6.33 Å². The summed E-state index contributed by atoms with van der Waals surface area (Å²) in [4.78, 5) is 13.2. The van der Waals surface area contributed by atoms with Gasteiger partial charge in [0, 0.05) is 38.0 Å². The van der Waals surface area contributed by atoms with Gasteiger partial charge in [0.2, 0.25) is 0 Å². The molecule has 102 valence electrons. The molecule has 2 aromatic heterocycles. The maximum atomic E-state index is 4.45. The van der Waals surface area contributed by atoms with Crippen LogP contribution in [0.5, 0.6) is 0 Å². The second-order valence-corrected chi connectivity index (χ2v) is 4.79. The molecule has 0 atom stereocenters. The fourth-order valence-corrected chi connectivity index (χ4v) is 2.32. The molecule has 0 saturated heterocycles. The van der Waals surface area contributed by atoms with E-state index in [-0.39, 0.29) is 0 Å². The highest BCUT2D eigenvalue weighted by molar-refractivity contribution is 5.47. The van der Waals surface area contributed by atoms with Crippen molar-refractivity contribution in [2.45, 2.75) is 39.7 Å². The summed E-state index contributed by atoms with van der Waals surface area (Å²) in [5.74, 6) is 2.34. The number of hydrogen-bond donors (Lipinski definition) is 1. The minimum Gasteiger partial charge on any atom is -0.373 e. The molecular formula is C14H21N5. The topological polar surface area (TPSA) is 55.6 Å². The molecule has 2 heterocycles. The second kappa shape index (κ2) is 5.82. The predicted octanol–water partition coefficient (Wildman–Crippen LogP) is 2.45. The van der Waals surface area contributed by atoms with E-state index in [9.17, 15) is 0 Å². The lowest BCUT2D eigenvalue weighted by molar-refractivity contribution is 0.701. The monoisotopic (exact) mass is 259 g/mol. The van der Waals surface area contributed by atoms with Gasteiger partial charge < -0.3 is 9.88 Å². The zero-order valence-corrected chi connectivity index (χ0v) is 12.0. The van der Waals surface area contributed by atoms with Crippen LogP contribution >= 0.6 is 0 Å². The Kier molecular flexibility index (Phi) is 4.14. The van der Waals surface area contributed by atoms with E-state index < -0.39 is 0 Å². The summed E-state index contributed by atoms with van der Waals surface area (Å²) in [6.07, 6.45) is 6.20. The van der Waals surface area contributed by atoms with E-state index >= 15 is 0 Å². The Morgan fingerprint density at radius 1 is 1.26 bits per heavy atom. The molecule has 0 aliphatic heterocycles. The van der Waals surface area contributed by atoms with Gasteiger partial charge in [0.1, 0.15) is 18.0 Å². The summed E-state index contributed by atoms with van der Waals surface area (Å²) < 4.78 is 2.14. The number of nitrogens with zero attached hydrogens (tertiary/aromatic N) is 4. The Labute approximate surface area is 114 Å². The molecule has 0 saturated carbocycles. The predicted molar refractivity (Wildman–Crippen MR) is 76.4 cm³/mol. The first-order valence-corrected chi connectivity index (χ1v) is 6.68. The molecule has 0 unspecified atom stereocenters. The Hall–Kier alpha value is -1.91. The Balaban J connectivity index is 2.40. The fourth-order valence-electron chi connectivity index (χ4n) is 2.32. The molecular weight excluding hydrogens is 238 g/mol. The van der Waals surface area contributed by atoms with Crippen molar-refractivity contribution < 1.29 is 0 Å². The molecule has 0 fully saturated rings. The van der Waals surface area contributed by atoms with Crippen molar-refractivity contribution in [2.24, 2.45) is 0 Å². The van der Waals surface area contributed by atoms with E-state index in [0.717, 1.165) is 30.3 Å². The van der Waals surface area contributed by atoms with Gasteiger partial charge in [-0.1, -0.05) is 13.8 Å². The summed E-state index contributed by atoms with van der Waals surface area (Å²) in [5, 5.41) is 3.15. The molecule has 2 rings (SSSR count). The van der Waals surface area contributed by atoms with Crippen LogP contribution < -0.4 is 5.32 Å². The van der Waals surface area contributed by atoms with Crippen molar-refractivity contribution >= 4 is 5.82 Å². The largest absolute Gasteiger partial charge is 0.373 e. The van der Waals surface area contributed by atoms with Crippen molar-refractivity contribution in [2.75, 3.05) is 12.4 Å². The van der Waals surface area contributed by atoms with Crippen LogP contribution in [0.2, 0.25) is 0 Å². The summed E-state index contributed by atoms with van der Waals surface area (Å²) in [7, 11) is 1.89. The first-order valence-electron chi connectivity index (χ1n) is 6.68.